The van der Waals surface area contributed by atoms with Crippen molar-refractivity contribution in [2.45, 2.75) is 19.4 Å². The van der Waals surface area contributed by atoms with Gasteiger partial charge < -0.3 is 10.6 Å². The Bertz CT molecular complexity index is 656. The topological polar surface area (TPSA) is 47.9 Å². The van der Waals surface area contributed by atoms with E-state index in [9.17, 15) is 0 Å². The summed E-state index contributed by atoms with van der Waals surface area (Å²) in [5, 5.41) is 16.0. The zero-order valence-electron chi connectivity index (χ0n) is 11.3. The molecule has 0 saturated heterocycles. The highest BCUT2D eigenvalue weighted by Gasteiger charge is 2.12. The maximum Gasteiger partial charge on any atom is 0.101 e. The number of para-hydroxylation sites is 2. The number of benzene rings is 2. The molecule has 0 spiro atoms. The zero-order chi connectivity index (χ0) is 13.8. The summed E-state index contributed by atoms with van der Waals surface area (Å²) in [5.74, 6) is 0. The fourth-order valence-corrected chi connectivity index (χ4v) is 2.65. The van der Waals surface area contributed by atoms with Crippen molar-refractivity contribution in [2.24, 2.45) is 0 Å². The van der Waals surface area contributed by atoms with E-state index in [4.69, 9.17) is 5.26 Å². The van der Waals surface area contributed by atoms with Gasteiger partial charge in [0.2, 0.25) is 0 Å². The minimum atomic E-state index is 0.685. The van der Waals surface area contributed by atoms with E-state index >= 15 is 0 Å². The summed E-state index contributed by atoms with van der Waals surface area (Å²) in [6.07, 6.45) is 2.34. The number of nitrogens with zero attached hydrogens (tertiary/aromatic N) is 1. The number of anilines is 2. The van der Waals surface area contributed by atoms with Gasteiger partial charge in [-0.05, 0) is 36.1 Å². The molecule has 2 aromatic carbocycles. The molecule has 3 nitrogen and oxygen atoms in total. The van der Waals surface area contributed by atoms with E-state index in [1.807, 2.05) is 24.3 Å². The summed E-state index contributed by atoms with van der Waals surface area (Å²) in [6.45, 7) is 1.77. The monoisotopic (exact) mass is 263 g/mol. The van der Waals surface area contributed by atoms with Gasteiger partial charge in [-0.15, -0.1) is 0 Å². The van der Waals surface area contributed by atoms with E-state index < -0.39 is 0 Å². The lowest BCUT2D eigenvalue weighted by atomic mass is 9.99. The third-order valence-corrected chi connectivity index (χ3v) is 3.68. The van der Waals surface area contributed by atoms with Crippen molar-refractivity contribution in [1.82, 2.24) is 0 Å². The van der Waals surface area contributed by atoms with Crippen molar-refractivity contribution >= 4 is 11.4 Å². The maximum atomic E-state index is 9.11. The van der Waals surface area contributed by atoms with E-state index in [1.54, 1.807) is 0 Å². The van der Waals surface area contributed by atoms with Gasteiger partial charge in [-0.1, -0.05) is 30.3 Å². The van der Waals surface area contributed by atoms with Crippen LogP contribution in [0.15, 0.2) is 42.5 Å². The molecule has 2 N–H and O–H groups in total. The summed E-state index contributed by atoms with van der Waals surface area (Å²) in [7, 11) is 0. The van der Waals surface area contributed by atoms with Crippen LogP contribution in [0.1, 0.15) is 23.1 Å². The molecule has 1 aliphatic rings. The minimum Gasteiger partial charge on any atom is -0.385 e. The van der Waals surface area contributed by atoms with Crippen LogP contribution in [0.2, 0.25) is 0 Å². The average Bonchev–Trinajstić information content (AvgIpc) is 2.53. The largest absolute Gasteiger partial charge is 0.385 e. The molecule has 3 rings (SSSR count). The molecule has 0 fully saturated rings. The molecule has 2 aromatic rings. The second-order valence-electron chi connectivity index (χ2n) is 4.99. The summed E-state index contributed by atoms with van der Waals surface area (Å²) in [5.41, 5.74) is 5.49. The Balaban J connectivity index is 1.81. The fourth-order valence-electron chi connectivity index (χ4n) is 2.65. The van der Waals surface area contributed by atoms with Gasteiger partial charge in [0.25, 0.3) is 0 Å². The summed E-state index contributed by atoms with van der Waals surface area (Å²) >= 11 is 0. The second kappa shape index (κ2) is 5.66. The lowest BCUT2D eigenvalue weighted by Crippen LogP contribution is -2.15. The first-order valence-corrected chi connectivity index (χ1v) is 6.96. The molecule has 0 radical (unpaired) electrons. The third kappa shape index (κ3) is 2.46. The van der Waals surface area contributed by atoms with Crippen molar-refractivity contribution in [2.75, 3.05) is 17.2 Å². The van der Waals surface area contributed by atoms with Gasteiger partial charge in [-0.3, -0.25) is 0 Å². The number of rotatable bonds is 3. The van der Waals surface area contributed by atoms with E-state index in [2.05, 4.69) is 34.9 Å². The third-order valence-electron chi connectivity index (χ3n) is 3.68. The van der Waals surface area contributed by atoms with Crippen LogP contribution in [0.4, 0.5) is 11.4 Å². The quantitative estimate of drug-likeness (QED) is 0.890. The highest BCUT2D eigenvalue weighted by molar-refractivity contribution is 5.62. The minimum absolute atomic E-state index is 0.685. The van der Waals surface area contributed by atoms with Gasteiger partial charge in [-0.25, -0.2) is 0 Å². The number of nitrogens with one attached hydrogen (secondary N) is 2. The Kier molecular flexibility index (Phi) is 3.56. The smallest absolute Gasteiger partial charge is 0.101 e. The highest BCUT2D eigenvalue weighted by Crippen LogP contribution is 2.27. The molecule has 0 unspecified atom stereocenters. The zero-order valence-corrected chi connectivity index (χ0v) is 11.3. The van der Waals surface area contributed by atoms with Gasteiger partial charge >= 0.3 is 0 Å². The Hall–Kier alpha value is -2.47. The molecule has 20 heavy (non-hydrogen) atoms. The molecule has 1 heterocycles. The first-order valence-electron chi connectivity index (χ1n) is 6.96. The van der Waals surface area contributed by atoms with Crippen LogP contribution in [0.25, 0.3) is 0 Å². The van der Waals surface area contributed by atoms with Crippen LogP contribution in [0.5, 0.6) is 0 Å². The van der Waals surface area contributed by atoms with Gasteiger partial charge in [0, 0.05) is 18.8 Å². The fraction of sp³-hybridized carbons (Fsp3) is 0.235. The summed E-state index contributed by atoms with van der Waals surface area (Å²) < 4.78 is 0. The van der Waals surface area contributed by atoms with E-state index in [0.29, 0.717) is 5.56 Å². The van der Waals surface area contributed by atoms with Crippen molar-refractivity contribution in [1.29, 1.82) is 5.26 Å². The number of nitriles is 1. The molecule has 1 aliphatic heterocycles. The van der Waals surface area contributed by atoms with Gasteiger partial charge in [0.15, 0.2) is 0 Å². The molecule has 0 aliphatic carbocycles. The number of hydrogen-bond donors (Lipinski definition) is 2. The standard InChI is InChI=1S/C17H17N3/c18-11-14-5-1-2-9-16(14)20-12-15-7-3-6-13-8-4-10-19-17(13)15/h1-3,5-7,9,19-20H,4,8,10,12H2. The molecule has 0 aromatic heterocycles. The predicted octanol–water partition coefficient (Wildman–Crippen LogP) is 3.53. The molecule has 0 saturated carbocycles. The van der Waals surface area contributed by atoms with Gasteiger partial charge in [-0.2, -0.15) is 5.26 Å². The lowest BCUT2D eigenvalue weighted by Gasteiger charge is -2.21. The van der Waals surface area contributed by atoms with Crippen LogP contribution >= 0.6 is 0 Å². The highest BCUT2D eigenvalue weighted by atomic mass is 14.9. The van der Waals surface area contributed by atoms with Crippen LogP contribution in [0.3, 0.4) is 0 Å². The van der Waals surface area contributed by atoms with Crippen molar-refractivity contribution in [3.8, 4) is 6.07 Å². The predicted molar refractivity (Wildman–Crippen MR) is 81.7 cm³/mol. The number of fused-ring (bicyclic) bond motifs is 1. The van der Waals surface area contributed by atoms with Crippen LogP contribution in [0, 0.1) is 11.3 Å². The van der Waals surface area contributed by atoms with Crippen LogP contribution in [-0.2, 0) is 13.0 Å². The Morgan fingerprint density at radius 1 is 1.15 bits per heavy atom. The molecule has 3 heteroatoms. The van der Waals surface area contributed by atoms with Crippen LogP contribution in [-0.4, -0.2) is 6.54 Å². The SMILES string of the molecule is N#Cc1ccccc1NCc1cccc2c1NCCC2. The van der Waals surface area contributed by atoms with E-state index in [1.165, 1.54) is 23.2 Å². The molecular weight excluding hydrogens is 246 g/mol. The number of hydrogen-bond acceptors (Lipinski definition) is 3. The Labute approximate surface area is 119 Å². The summed E-state index contributed by atoms with van der Waals surface area (Å²) in [6, 6.07) is 16.3. The van der Waals surface area contributed by atoms with Crippen LogP contribution < -0.4 is 10.6 Å². The molecule has 0 amide bonds. The van der Waals surface area contributed by atoms with E-state index in [0.717, 1.165) is 25.2 Å². The van der Waals surface area contributed by atoms with Crippen molar-refractivity contribution < 1.29 is 0 Å². The Morgan fingerprint density at radius 2 is 2.05 bits per heavy atom. The molecule has 100 valence electrons. The first-order chi connectivity index (χ1) is 9.88. The van der Waals surface area contributed by atoms with Gasteiger partial charge in [0.05, 0.1) is 11.3 Å². The summed E-state index contributed by atoms with van der Waals surface area (Å²) in [4.78, 5) is 0. The Morgan fingerprint density at radius 3 is 2.95 bits per heavy atom. The molecular formula is C17H17N3. The number of aryl methyl sites for hydroxylation is 1. The van der Waals surface area contributed by atoms with Crippen molar-refractivity contribution in [3.63, 3.8) is 0 Å². The van der Waals surface area contributed by atoms with Crippen molar-refractivity contribution in [3.05, 3.63) is 59.2 Å². The second-order valence-corrected chi connectivity index (χ2v) is 4.99. The molecule has 0 bridgehead atoms. The lowest BCUT2D eigenvalue weighted by molar-refractivity contribution is 0.825. The van der Waals surface area contributed by atoms with Gasteiger partial charge in [0.1, 0.15) is 6.07 Å². The molecule has 0 atom stereocenters. The van der Waals surface area contributed by atoms with E-state index in [-0.39, 0.29) is 0 Å². The average molecular weight is 263 g/mol. The first kappa shape index (κ1) is 12.6. The normalized spacial score (nSPS) is 12.9. The maximum absolute atomic E-state index is 9.11.